The van der Waals surface area contributed by atoms with E-state index in [1.807, 2.05) is 73.3 Å². The Morgan fingerprint density at radius 3 is 2.20 bits per heavy atom. The number of carbonyl (C=O) groups excluding carboxylic acids is 1. The molecule has 1 saturated carbocycles. The van der Waals surface area contributed by atoms with Crippen LogP contribution in [0.25, 0.3) is 0 Å². The molecule has 240 valence electrons. The van der Waals surface area contributed by atoms with Gasteiger partial charge >= 0.3 is 6.03 Å². The van der Waals surface area contributed by atoms with Crippen molar-refractivity contribution in [3.8, 4) is 17.6 Å². The van der Waals surface area contributed by atoms with Gasteiger partial charge in [-0.05, 0) is 94.9 Å². The molecule has 8 nitrogen and oxygen atoms in total. The van der Waals surface area contributed by atoms with Crippen molar-refractivity contribution in [2.45, 2.75) is 68.8 Å². The molecule has 4 aliphatic rings. The smallest absolute Gasteiger partial charge is 0.321 e. The number of urea groups is 1. The first-order valence-electron chi connectivity index (χ1n) is 16.5. The van der Waals surface area contributed by atoms with E-state index in [0.717, 1.165) is 48.5 Å². The van der Waals surface area contributed by atoms with E-state index in [1.54, 1.807) is 0 Å². The summed E-state index contributed by atoms with van der Waals surface area (Å²) in [6.07, 6.45) is 2.21. The normalized spacial score (nSPS) is 26.9. The predicted molar refractivity (Wildman–Crippen MR) is 179 cm³/mol. The van der Waals surface area contributed by atoms with E-state index in [4.69, 9.17) is 14.2 Å². The number of ether oxygens (including phenoxy) is 3. The zero-order valence-corrected chi connectivity index (χ0v) is 27.2. The summed E-state index contributed by atoms with van der Waals surface area (Å²) in [4.78, 5) is 20.6. The van der Waals surface area contributed by atoms with Crippen LogP contribution in [-0.4, -0.2) is 97.2 Å². The van der Waals surface area contributed by atoms with Gasteiger partial charge in [0.25, 0.3) is 0 Å². The number of hydrogen-bond donors (Lipinski definition) is 1. The molecule has 1 unspecified atom stereocenters. The Kier molecular flexibility index (Phi) is 8.51. The maximum atomic E-state index is 13.9. The highest BCUT2D eigenvalue weighted by Crippen LogP contribution is 2.44. The number of carbonyl (C=O) groups is 1. The van der Waals surface area contributed by atoms with Crippen LogP contribution in [0.1, 0.15) is 49.3 Å². The van der Waals surface area contributed by atoms with Crippen molar-refractivity contribution in [1.82, 2.24) is 14.7 Å². The molecule has 3 saturated heterocycles. The molecule has 46 heavy (non-hydrogen) atoms. The van der Waals surface area contributed by atoms with E-state index in [-0.39, 0.29) is 36.2 Å². The molecule has 0 bridgehead atoms. The minimum Gasteiger partial charge on any atom is -0.490 e. The van der Waals surface area contributed by atoms with Gasteiger partial charge in [0, 0.05) is 54.5 Å². The van der Waals surface area contributed by atoms with E-state index in [9.17, 15) is 4.79 Å². The van der Waals surface area contributed by atoms with E-state index < -0.39 is 5.79 Å². The Bertz CT molecular complexity index is 1580. The molecule has 5 atom stereocenters. The van der Waals surface area contributed by atoms with Crippen molar-refractivity contribution >= 4 is 11.7 Å². The second-order valence-corrected chi connectivity index (χ2v) is 13.7. The Morgan fingerprint density at radius 2 is 1.54 bits per heavy atom. The molecule has 3 heterocycles. The summed E-state index contributed by atoms with van der Waals surface area (Å²) in [6.45, 7) is 6.65. The third kappa shape index (κ3) is 6.93. The first kappa shape index (κ1) is 30.8. The summed E-state index contributed by atoms with van der Waals surface area (Å²) in [6, 6.07) is 26.7. The highest BCUT2D eigenvalue weighted by atomic mass is 16.8. The topological polar surface area (TPSA) is 66.5 Å². The lowest BCUT2D eigenvalue weighted by Crippen LogP contribution is -2.71. The Labute approximate surface area is 272 Å². The monoisotopic (exact) mass is 620 g/mol. The molecule has 8 heteroatoms. The van der Waals surface area contributed by atoms with Crippen LogP contribution in [0.2, 0.25) is 0 Å². The summed E-state index contributed by atoms with van der Waals surface area (Å²) in [5.41, 5.74) is 4.01. The largest absolute Gasteiger partial charge is 0.490 e. The van der Waals surface area contributed by atoms with E-state index >= 15 is 0 Å². The number of benzene rings is 3. The molecule has 3 aliphatic heterocycles. The molecule has 2 amide bonds. The van der Waals surface area contributed by atoms with Gasteiger partial charge in [-0.1, -0.05) is 42.2 Å². The average Bonchev–Trinajstić information content (AvgIpc) is 3.80. The van der Waals surface area contributed by atoms with Gasteiger partial charge in [0.2, 0.25) is 0 Å². The first-order valence-corrected chi connectivity index (χ1v) is 16.5. The summed E-state index contributed by atoms with van der Waals surface area (Å²) in [5, 5.41) is 3.14. The summed E-state index contributed by atoms with van der Waals surface area (Å²) in [5.74, 6) is 6.96. The minimum atomic E-state index is -0.702. The number of anilines is 1. The second kappa shape index (κ2) is 12.7. The zero-order valence-electron chi connectivity index (χ0n) is 27.2. The van der Waals surface area contributed by atoms with Gasteiger partial charge in [0.15, 0.2) is 5.79 Å². The number of nitrogens with zero attached hydrogens (tertiary/aromatic N) is 3. The zero-order chi connectivity index (χ0) is 31.8. The Balaban J connectivity index is 1.13. The Morgan fingerprint density at radius 1 is 0.891 bits per heavy atom. The van der Waals surface area contributed by atoms with Gasteiger partial charge in [-0.15, -0.1) is 0 Å². The molecule has 1 aliphatic carbocycles. The lowest BCUT2D eigenvalue weighted by atomic mass is 9.73. The van der Waals surface area contributed by atoms with Crippen molar-refractivity contribution < 1.29 is 19.0 Å². The lowest BCUT2D eigenvalue weighted by molar-refractivity contribution is -0.150. The van der Waals surface area contributed by atoms with Gasteiger partial charge in [-0.3, -0.25) is 4.90 Å². The molecular formula is C38H44N4O4. The predicted octanol–water partition coefficient (Wildman–Crippen LogP) is 5.39. The number of nitrogens with one attached hydrogen (secondary N) is 1. The molecule has 3 aromatic carbocycles. The summed E-state index contributed by atoms with van der Waals surface area (Å²) >= 11 is 0. The van der Waals surface area contributed by atoms with E-state index in [1.165, 1.54) is 5.56 Å². The summed E-state index contributed by atoms with van der Waals surface area (Å²) in [7, 11) is 4.25. The van der Waals surface area contributed by atoms with Crippen molar-refractivity contribution in [3.63, 3.8) is 0 Å². The number of rotatable bonds is 6. The van der Waals surface area contributed by atoms with Crippen LogP contribution in [0.4, 0.5) is 10.5 Å². The molecular weight excluding hydrogens is 576 g/mol. The third-order valence-electron chi connectivity index (χ3n) is 9.36. The highest BCUT2D eigenvalue weighted by molar-refractivity contribution is 5.89. The Hall–Kier alpha value is -3.87. The molecule has 1 N–H and O–H groups in total. The van der Waals surface area contributed by atoms with Crippen LogP contribution in [0.3, 0.4) is 0 Å². The van der Waals surface area contributed by atoms with Crippen molar-refractivity contribution in [2.75, 3.05) is 45.6 Å². The SMILES string of the molecule is CN(C)C[C@@H]1[C@H](c2ccc(C#Cc3ccccc3)cc2)[C@@H]2CN(C(=O)Nc3ccc(OC4CC4)cc3)C[C@H]3OC(C)(C)OC3CN12. The van der Waals surface area contributed by atoms with Crippen LogP contribution < -0.4 is 10.1 Å². The molecule has 7 rings (SSSR count). The molecule has 0 aromatic heterocycles. The summed E-state index contributed by atoms with van der Waals surface area (Å²) < 4.78 is 18.7. The second-order valence-electron chi connectivity index (χ2n) is 13.7. The number of likely N-dealkylation sites (N-methyl/N-ethyl adjacent to an activating group) is 1. The van der Waals surface area contributed by atoms with Gasteiger partial charge < -0.3 is 29.3 Å². The lowest BCUT2D eigenvalue weighted by Gasteiger charge is -2.59. The molecule has 0 spiro atoms. The fourth-order valence-electron chi connectivity index (χ4n) is 7.10. The van der Waals surface area contributed by atoms with Crippen molar-refractivity contribution in [3.05, 3.63) is 95.6 Å². The fourth-order valence-corrected chi connectivity index (χ4v) is 7.10. The van der Waals surface area contributed by atoms with Gasteiger partial charge in [0.1, 0.15) is 18.0 Å². The van der Waals surface area contributed by atoms with Crippen LogP contribution >= 0.6 is 0 Å². The van der Waals surface area contributed by atoms with Gasteiger partial charge in [-0.25, -0.2) is 4.79 Å². The van der Waals surface area contributed by atoms with Crippen molar-refractivity contribution in [1.29, 1.82) is 0 Å². The highest BCUT2D eigenvalue weighted by Gasteiger charge is 2.54. The van der Waals surface area contributed by atoms with E-state index in [2.05, 4.69) is 65.3 Å². The molecule has 3 aromatic rings. The minimum absolute atomic E-state index is 0.131. The number of amides is 2. The van der Waals surface area contributed by atoms with Crippen LogP contribution in [0, 0.1) is 11.8 Å². The standard InChI is InChI=1S/C38H44N4O4/c1-38(2)45-34-24-41(37(43)39-29-16-18-30(19-17-29)44-31-20-21-31)23-33-36(32(22-40(3)4)42(33)25-35(34)46-38)28-14-12-27(13-15-28)11-10-26-8-6-5-7-9-26/h5-9,12-19,31-36H,20-25H2,1-4H3,(H,39,43)/t32-,33+,34-,35?,36+/m1/s1. The number of fused-ring (bicyclic) bond motifs is 2. The quantitative estimate of drug-likeness (QED) is 0.373. The average molecular weight is 621 g/mol. The van der Waals surface area contributed by atoms with E-state index in [0.29, 0.717) is 19.2 Å². The van der Waals surface area contributed by atoms with Crippen molar-refractivity contribution in [2.24, 2.45) is 0 Å². The van der Waals surface area contributed by atoms with Crippen LogP contribution in [-0.2, 0) is 9.47 Å². The maximum absolute atomic E-state index is 13.9. The third-order valence-corrected chi connectivity index (χ3v) is 9.36. The van der Waals surface area contributed by atoms with Gasteiger partial charge in [0.05, 0.1) is 12.6 Å². The van der Waals surface area contributed by atoms with Crippen LogP contribution in [0.15, 0.2) is 78.9 Å². The molecule has 4 fully saturated rings. The first-order chi connectivity index (χ1) is 22.2. The van der Waals surface area contributed by atoms with Crippen LogP contribution in [0.5, 0.6) is 5.75 Å². The van der Waals surface area contributed by atoms with Gasteiger partial charge in [-0.2, -0.15) is 0 Å². The fraction of sp³-hybridized carbons (Fsp3) is 0.447. The maximum Gasteiger partial charge on any atom is 0.321 e. The molecule has 0 radical (unpaired) electrons. The number of hydrogen-bond acceptors (Lipinski definition) is 6.